The predicted octanol–water partition coefficient (Wildman–Crippen LogP) is 10.3. The molecule has 0 saturated heterocycles. The quantitative estimate of drug-likeness (QED) is 0.208. The SMILES string of the molecule is [2H]c1c([2H])c([2H])c(-c2cccc(-c3c4ccccc4c(-c4nc5ccccc5n4-c4ccccc4)c4ccccc34)c2)c([2H])c1[2H]. The standard InChI is InChI=1S/C39H26N2/c1-3-14-27(15-4-1)28-16-13-17-29(26-28)37-31-20-7-9-22-33(31)38(34-23-10-8-21-32(34)37)39-40-35-24-11-12-25-36(35)41(39)30-18-5-2-6-19-30/h1-26H/i1D,3D,4D,14D,15D. The van der Waals surface area contributed by atoms with Gasteiger partial charge in [-0.1, -0.05) is 127 Å². The topological polar surface area (TPSA) is 17.8 Å². The van der Waals surface area contributed by atoms with Gasteiger partial charge in [0.2, 0.25) is 0 Å². The molecular weight excluding hydrogens is 496 g/mol. The number of para-hydroxylation sites is 3. The molecule has 0 saturated carbocycles. The van der Waals surface area contributed by atoms with E-state index < -0.39 is 6.04 Å². The normalized spacial score (nSPS) is 13.1. The molecular formula is C39H26N2. The second kappa shape index (κ2) is 9.62. The highest BCUT2D eigenvalue weighted by Crippen LogP contribution is 2.45. The van der Waals surface area contributed by atoms with Crippen LogP contribution in [0.2, 0.25) is 0 Å². The van der Waals surface area contributed by atoms with Gasteiger partial charge in [0.25, 0.3) is 0 Å². The minimum Gasteiger partial charge on any atom is -0.292 e. The molecule has 0 fully saturated rings. The van der Waals surface area contributed by atoms with Crippen molar-refractivity contribution < 1.29 is 6.85 Å². The largest absolute Gasteiger partial charge is 0.292 e. The van der Waals surface area contributed by atoms with Crippen LogP contribution in [0.15, 0.2) is 158 Å². The van der Waals surface area contributed by atoms with Crippen molar-refractivity contribution >= 4 is 32.6 Å². The summed E-state index contributed by atoms with van der Waals surface area (Å²) in [6.45, 7) is 0. The molecule has 0 unspecified atom stereocenters. The monoisotopic (exact) mass is 527 g/mol. The molecule has 0 amide bonds. The number of hydrogen-bond acceptors (Lipinski definition) is 1. The molecule has 2 nitrogen and oxygen atoms in total. The van der Waals surface area contributed by atoms with Crippen LogP contribution in [0.5, 0.6) is 0 Å². The molecule has 192 valence electrons. The van der Waals surface area contributed by atoms with Crippen LogP contribution in [-0.2, 0) is 0 Å². The molecule has 0 N–H and O–H groups in total. The molecule has 1 heterocycles. The third-order valence-electron chi connectivity index (χ3n) is 7.67. The Kier molecular flexibility index (Phi) is 4.40. The van der Waals surface area contributed by atoms with Gasteiger partial charge in [0.15, 0.2) is 0 Å². The van der Waals surface area contributed by atoms with Crippen molar-refractivity contribution in [2.45, 2.75) is 0 Å². The van der Waals surface area contributed by atoms with Gasteiger partial charge in [0.05, 0.1) is 17.9 Å². The molecule has 2 heteroatoms. The Balaban J connectivity index is 1.46. The first-order chi connectivity index (χ1) is 22.4. The fourth-order valence-electron chi connectivity index (χ4n) is 5.94. The van der Waals surface area contributed by atoms with Gasteiger partial charge >= 0.3 is 0 Å². The van der Waals surface area contributed by atoms with Crippen LogP contribution in [0.3, 0.4) is 0 Å². The van der Waals surface area contributed by atoms with Crippen LogP contribution in [-0.4, -0.2) is 9.55 Å². The summed E-state index contributed by atoms with van der Waals surface area (Å²) >= 11 is 0. The van der Waals surface area contributed by atoms with E-state index in [1.165, 1.54) is 0 Å². The molecule has 0 atom stereocenters. The Morgan fingerprint density at radius 1 is 0.488 bits per heavy atom. The highest BCUT2D eigenvalue weighted by atomic mass is 15.1. The van der Waals surface area contributed by atoms with Gasteiger partial charge < -0.3 is 0 Å². The molecule has 0 aliphatic rings. The maximum Gasteiger partial charge on any atom is 0.146 e. The van der Waals surface area contributed by atoms with Crippen LogP contribution in [0.1, 0.15) is 6.85 Å². The van der Waals surface area contributed by atoms with E-state index in [1.807, 2.05) is 78.9 Å². The Labute approximate surface area is 245 Å². The first-order valence-electron chi connectivity index (χ1n) is 16.1. The van der Waals surface area contributed by atoms with Gasteiger partial charge in [-0.2, -0.15) is 0 Å². The van der Waals surface area contributed by atoms with Gasteiger partial charge in [-0.3, -0.25) is 4.57 Å². The van der Waals surface area contributed by atoms with Crippen molar-refractivity contribution in [3.63, 3.8) is 0 Å². The summed E-state index contributed by atoms with van der Waals surface area (Å²) in [6, 6.07) is 41.3. The van der Waals surface area contributed by atoms with E-state index in [1.54, 1.807) is 6.07 Å². The average Bonchev–Trinajstić information content (AvgIpc) is 3.48. The smallest absolute Gasteiger partial charge is 0.146 e. The highest BCUT2D eigenvalue weighted by Gasteiger charge is 2.22. The van der Waals surface area contributed by atoms with Gasteiger partial charge in [0, 0.05) is 11.3 Å². The van der Waals surface area contributed by atoms with Gasteiger partial charge in [-0.15, -0.1) is 0 Å². The second-order valence-electron chi connectivity index (χ2n) is 10.0. The molecule has 41 heavy (non-hydrogen) atoms. The Hall–Kier alpha value is -5.47. The summed E-state index contributed by atoms with van der Waals surface area (Å²) in [7, 11) is 0. The molecule has 0 aliphatic carbocycles. The number of imidazole rings is 1. The summed E-state index contributed by atoms with van der Waals surface area (Å²) in [4.78, 5) is 5.23. The summed E-state index contributed by atoms with van der Waals surface area (Å²) in [5, 5.41) is 4.14. The lowest BCUT2D eigenvalue weighted by Crippen LogP contribution is -1.99. The third-order valence-corrected chi connectivity index (χ3v) is 7.67. The predicted molar refractivity (Wildman–Crippen MR) is 172 cm³/mol. The molecule has 7 aromatic carbocycles. The van der Waals surface area contributed by atoms with E-state index in [0.29, 0.717) is 5.56 Å². The summed E-state index contributed by atoms with van der Waals surface area (Å²) < 4.78 is 43.9. The fraction of sp³-hybridized carbons (Fsp3) is 0. The number of benzene rings is 7. The van der Waals surface area contributed by atoms with E-state index in [4.69, 9.17) is 11.8 Å². The molecule has 1 aromatic heterocycles. The second-order valence-corrected chi connectivity index (χ2v) is 10.0. The van der Waals surface area contributed by atoms with Crippen molar-refractivity contribution in [3.05, 3.63) is 158 Å². The van der Waals surface area contributed by atoms with Crippen molar-refractivity contribution in [1.29, 1.82) is 0 Å². The maximum atomic E-state index is 8.59. The Bertz CT molecular complexity index is 2400. The Morgan fingerprint density at radius 3 is 1.78 bits per heavy atom. The number of aromatic nitrogens is 2. The lowest BCUT2D eigenvalue weighted by Gasteiger charge is -2.18. The van der Waals surface area contributed by atoms with Crippen molar-refractivity contribution in [2.75, 3.05) is 0 Å². The first kappa shape index (κ1) is 18.8. The third kappa shape index (κ3) is 3.84. The highest BCUT2D eigenvalue weighted by molar-refractivity contribution is 6.21. The minimum absolute atomic E-state index is 0.189. The molecule has 0 radical (unpaired) electrons. The van der Waals surface area contributed by atoms with Crippen LogP contribution in [0, 0.1) is 0 Å². The van der Waals surface area contributed by atoms with Gasteiger partial charge in [-0.05, 0) is 74.1 Å². The molecule has 8 aromatic rings. The van der Waals surface area contributed by atoms with Crippen LogP contribution < -0.4 is 0 Å². The number of hydrogen-bond donors (Lipinski definition) is 0. The summed E-state index contributed by atoms with van der Waals surface area (Å²) in [5.41, 5.74) is 6.63. The summed E-state index contributed by atoms with van der Waals surface area (Å²) in [6.07, 6.45) is 0. The van der Waals surface area contributed by atoms with E-state index >= 15 is 0 Å². The number of rotatable bonds is 4. The van der Waals surface area contributed by atoms with Crippen molar-refractivity contribution in [1.82, 2.24) is 9.55 Å². The van der Waals surface area contributed by atoms with Crippen LogP contribution in [0.25, 0.3) is 71.9 Å². The van der Waals surface area contributed by atoms with E-state index in [9.17, 15) is 0 Å². The molecule has 0 bridgehead atoms. The molecule has 0 aliphatic heterocycles. The van der Waals surface area contributed by atoms with E-state index in [2.05, 4.69) is 47.0 Å². The van der Waals surface area contributed by atoms with Crippen molar-refractivity contribution in [3.8, 4) is 39.3 Å². The zero-order valence-corrected chi connectivity index (χ0v) is 22.0. The van der Waals surface area contributed by atoms with Gasteiger partial charge in [-0.25, -0.2) is 4.98 Å². The van der Waals surface area contributed by atoms with E-state index in [0.717, 1.165) is 60.8 Å². The lowest BCUT2D eigenvalue weighted by atomic mass is 9.87. The van der Waals surface area contributed by atoms with Crippen LogP contribution in [0.4, 0.5) is 0 Å². The average molecular weight is 528 g/mol. The van der Waals surface area contributed by atoms with E-state index in [-0.39, 0.29) is 29.7 Å². The fourth-order valence-corrected chi connectivity index (χ4v) is 5.94. The molecule has 0 spiro atoms. The summed E-state index contributed by atoms with van der Waals surface area (Å²) in [5.74, 6) is 0.847. The minimum atomic E-state index is -0.399. The number of fused-ring (bicyclic) bond motifs is 3. The zero-order valence-electron chi connectivity index (χ0n) is 27.0. The van der Waals surface area contributed by atoms with Crippen LogP contribution >= 0.6 is 0 Å². The van der Waals surface area contributed by atoms with Gasteiger partial charge in [0.1, 0.15) is 5.82 Å². The first-order valence-corrected chi connectivity index (χ1v) is 13.6. The maximum absolute atomic E-state index is 8.59. The molecule has 8 rings (SSSR count). The lowest BCUT2D eigenvalue weighted by molar-refractivity contribution is 1.11. The number of nitrogens with zero attached hydrogens (tertiary/aromatic N) is 2. The Morgan fingerprint density at radius 2 is 1.07 bits per heavy atom. The zero-order chi connectivity index (χ0) is 31.5. The van der Waals surface area contributed by atoms with Crippen molar-refractivity contribution in [2.24, 2.45) is 0 Å².